The van der Waals surface area contributed by atoms with E-state index in [1.165, 1.54) is 12.8 Å². The first-order valence-electron chi connectivity index (χ1n) is 7.46. The molecule has 0 bridgehead atoms. The summed E-state index contributed by atoms with van der Waals surface area (Å²) in [7, 11) is 0. The summed E-state index contributed by atoms with van der Waals surface area (Å²) in [5.74, 6) is 0.167. The average molecular weight is 279 g/mol. The van der Waals surface area contributed by atoms with Crippen LogP contribution in [0.25, 0.3) is 0 Å². The number of nitrogens with zero attached hydrogens (tertiary/aromatic N) is 1. The van der Waals surface area contributed by atoms with Crippen molar-refractivity contribution in [2.45, 2.75) is 71.0 Å². The van der Waals surface area contributed by atoms with Gasteiger partial charge >= 0.3 is 0 Å². The van der Waals surface area contributed by atoms with E-state index in [9.17, 15) is 4.39 Å². The van der Waals surface area contributed by atoms with Gasteiger partial charge in [0.2, 0.25) is 0 Å². The Morgan fingerprint density at radius 3 is 2.55 bits per heavy atom. The second-order valence-electron chi connectivity index (χ2n) is 7.13. The molecule has 0 spiro atoms. The molecule has 0 radical (unpaired) electrons. The third-order valence-electron chi connectivity index (χ3n) is 3.91. The van der Waals surface area contributed by atoms with E-state index in [1.54, 1.807) is 12.3 Å². The van der Waals surface area contributed by atoms with Gasteiger partial charge in [0.25, 0.3) is 0 Å². The van der Waals surface area contributed by atoms with Gasteiger partial charge in [-0.1, -0.05) is 12.8 Å². The Kier molecular flexibility index (Phi) is 4.33. The first-order chi connectivity index (χ1) is 9.29. The highest BCUT2D eigenvalue weighted by atomic mass is 19.1. The normalized spacial score (nSPS) is 18.2. The van der Waals surface area contributed by atoms with Crippen LogP contribution in [-0.2, 0) is 6.54 Å². The minimum absolute atomic E-state index is 0.0100. The fraction of sp³-hybridized carbons (Fsp3) is 0.688. The number of hydrogen-bond acceptors (Lipinski definition) is 3. The summed E-state index contributed by atoms with van der Waals surface area (Å²) in [4.78, 5) is 4.18. The summed E-state index contributed by atoms with van der Waals surface area (Å²) in [6, 6.07) is 1.75. The molecule has 0 unspecified atom stereocenters. The fourth-order valence-electron chi connectivity index (χ4n) is 2.63. The Labute approximate surface area is 121 Å². The zero-order valence-electron chi connectivity index (χ0n) is 13.0. The third-order valence-corrected chi connectivity index (χ3v) is 3.91. The molecule has 112 valence electrons. The van der Waals surface area contributed by atoms with E-state index in [-0.39, 0.29) is 16.9 Å². The van der Waals surface area contributed by atoms with Gasteiger partial charge in [-0.05, 0) is 46.6 Å². The van der Waals surface area contributed by atoms with E-state index in [4.69, 9.17) is 0 Å². The molecule has 1 aliphatic rings. The highest BCUT2D eigenvalue weighted by molar-refractivity contribution is 5.42. The van der Waals surface area contributed by atoms with Crippen molar-refractivity contribution in [3.05, 3.63) is 23.6 Å². The van der Waals surface area contributed by atoms with Crippen molar-refractivity contribution in [2.24, 2.45) is 0 Å². The largest absolute Gasteiger partial charge is 0.362 e. The lowest BCUT2D eigenvalue weighted by Crippen LogP contribution is -2.35. The number of aromatic nitrogens is 1. The minimum atomic E-state index is -0.225. The zero-order valence-corrected chi connectivity index (χ0v) is 13.0. The van der Waals surface area contributed by atoms with E-state index in [0.29, 0.717) is 17.9 Å². The summed E-state index contributed by atoms with van der Waals surface area (Å²) in [5.41, 5.74) is 0.629. The molecule has 0 atom stereocenters. The summed E-state index contributed by atoms with van der Waals surface area (Å²) >= 11 is 0. The second-order valence-corrected chi connectivity index (χ2v) is 7.13. The van der Waals surface area contributed by atoms with Crippen molar-refractivity contribution in [2.75, 3.05) is 5.32 Å². The smallest absolute Gasteiger partial charge is 0.169 e. The quantitative estimate of drug-likeness (QED) is 0.879. The maximum absolute atomic E-state index is 14.5. The Hall–Kier alpha value is -1.16. The van der Waals surface area contributed by atoms with Crippen LogP contribution >= 0.6 is 0 Å². The van der Waals surface area contributed by atoms with Gasteiger partial charge in [-0.2, -0.15) is 0 Å². The first-order valence-corrected chi connectivity index (χ1v) is 7.46. The Bertz CT molecular complexity index is 459. The molecule has 0 aromatic carbocycles. The Morgan fingerprint density at radius 1 is 1.30 bits per heavy atom. The van der Waals surface area contributed by atoms with Crippen LogP contribution in [0.15, 0.2) is 12.3 Å². The number of rotatable bonds is 4. The molecular weight excluding hydrogens is 253 g/mol. The summed E-state index contributed by atoms with van der Waals surface area (Å²) in [6.07, 6.45) is 6.26. The van der Waals surface area contributed by atoms with Gasteiger partial charge in [0.15, 0.2) is 11.6 Å². The molecule has 2 rings (SSSR count). The predicted molar refractivity (Wildman–Crippen MR) is 81.3 cm³/mol. The summed E-state index contributed by atoms with van der Waals surface area (Å²) in [5, 5.41) is 6.62. The summed E-state index contributed by atoms with van der Waals surface area (Å²) < 4.78 is 14.5. The van der Waals surface area contributed by atoms with Crippen LogP contribution in [-0.4, -0.2) is 16.1 Å². The molecule has 0 aliphatic heterocycles. The lowest BCUT2D eigenvalue weighted by atomic mass is 10.0. The van der Waals surface area contributed by atoms with E-state index in [2.05, 4.69) is 43.3 Å². The van der Waals surface area contributed by atoms with Crippen molar-refractivity contribution >= 4 is 5.82 Å². The lowest BCUT2D eigenvalue weighted by molar-refractivity contribution is 0.418. The van der Waals surface area contributed by atoms with Gasteiger partial charge in [-0.25, -0.2) is 9.37 Å². The Balaban J connectivity index is 2.10. The van der Waals surface area contributed by atoms with Gasteiger partial charge in [-0.3, -0.25) is 0 Å². The maximum atomic E-state index is 14.5. The number of halogens is 1. The van der Waals surface area contributed by atoms with Crippen LogP contribution in [0.3, 0.4) is 0 Å². The van der Waals surface area contributed by atoms with Crippen LogP contribution < -0.4 is 10.6 Å². The van der Waals surface area contributed by atoms with E-state index < -0.39 is 0 Å². The van der Waals surface area contributed by atoms with Crippen LogP contribution in [0.5, 0.6) is 0 Å². The van der Waals surface area contributed by atoms with E-state index in [0.717, 1.165) is 12.8 Å². The molecule has 1 aromatic heterocycles. The SMILES string of the molecule is CC(C)(C)NCc1ccnc(NC2(C)CCCC2)c1F. The summed E-state index contributed by atoms with van der Waals surface area (Å²) in [6.45, 7) is 8.89. The number of nitrogens with one attached hydrogen (secondary N) is 2. The van der Waals surface area contributed by atoms with Crippen LogP contribution in [0.2, 0.25) is 0 Å². The molecule has 0 saturated heterocycles. The van der Waals surface area contributed by atoms with E-state index in [1.807, 2.05) is 0 Å². The molecule has 1 saturated carbocycles. The minimum Gasteiger partial charge on any atom is -0.362 e. The molecule has 3 nitrogen and oxygen atoms in total. The molecule has 0 amide bonds. The monoisotopic (exact) mass is 279 g/mol. The van der Waals surface area contributed by atoms with Gasteiger partial charge in [0.05, 0.1) is 0 Å². The molecular formula is C16H26FN3. The lowest BCUT2D eigenvalue weighted by Gasteiger charge is -2.27. The second kappa shape index (κ2) is 5.68. The molecule has 1 aliphatic carbocycles. The van der Waals surface area contributed by atoms with Crippen LogP contribution in [0.1, 0.15) is 58.9 Å². The van der Waals surface area contributed by atoms with Crippen molar-refractivity contribution < 1.29 is 4.39 Å². The van der Waals surface area contributed by atoms with Crippen LogP contribution in [0.4, 0.5) is 10.2 Å². The topological polar surface area (TPSA) is 37.0 Å². The van der Waals surface area contributed by atoms with Gasteiger partial charge in [-0.15, -0.1) is 0 Å². The van der Waals surface area contributed by atoms with Crippen LogP contribution in [0, 0.1) is 5.82 Å². The Morgan fingerprint density at radius 2 is 1.95 bits per heavy atom. The number of anilines is 1. The zero-order chi connectivity index (χ0) is 14.8. The molecule has 1 fully saturated rings. The van der Waals surface area contributed by atoms with Crippen molar-refractivity contribution in [1.82, 2.24) is 10.3 Å². The average Bonchev–Trinajstić information content (AvgIpc) is 2.76. The van der Waals surface area contributed by atoms with Gasteiger partial charge < -0.3 is 10.6 Å². The fourth-order valence-corrected chi connectivity index (χ4v) is 2.63. The highest BCUT2D eigenvalue weighted by Crippen LogP contribution is 2.33. The molecule has 1 aromatic rings. The van der Waals surface area contributed by atoms with Gasteiger partial charge in [0, 0.05) is 29.4 Å². The number of hydrogen-bond donors (Lipinski definition) is 2. The van der Waals surface area contributed by atoms with Crippen molar-refractivity contribution in [3.63, 3.8) is 0 Å². The molecule has 4 heteroatoms. The highest BCUT2D eigenvalue weighted by Gasteiger charge is 2.29. The number of pyridine rings is 1. The van der Waals surface area contributed by atoms with Gasteiger partial charge in [0.1, 0.15) is 0 Å². The standard InChI is InChI=1S/C16H26FN3/c1-15(2,3)19-11-12-7-10-18-14(13(12)17)20-16(4)8-5-6-9-16/h7,10,19H,5-6,8-9,11H2,1-4H3,(H,18,20). The predicted octanol–water partition coefficient (Wildman–Crippen LogP) is 3.85. The van der Waals surface area contributed by atoms with Crippen molar-refractivity contribution in [3.8, 4) is 0 Å². The maximum Gasteiger partial charge on any atom is 0.169 e. The molecule has 2 N–H and O–H groups in total. The van der Waals surface area contributed by atoms with E-state index >= 15 is 0 Å². The third kappa shape index (κ3) is 3.92. The molecule has 20 heavy (non-hydrogen) atoms. The van der Waals surface area contributed by atoms with Crippen molar-refractivity contribution in [1.29, 1.82) is 0 Å². The first kappa shape index (κ1) is 15.2. The molecule has 1 heterocycles.